The first-order valence-electron chi connectivity index (χ1n) is 12.6. The minimum atomic E-state index is -3.72. The monoisotopic (exact) mass is 623 g/mol. The lowest BCUT2D eigenvalue weighted by molar-refractivity contribution is -0.140. The third kappa shape index (κ3) is 5.86. The van der Waals surface area contributed by atoms with Crippen LogP contribution in [0.3, 0.4) is 0 Å². The molecule has 0 amide bonds. The number of sulfone groups is 1. The molecule has 0 atom stereocenters. The van der Waals surface area contributed by atoms with Crippen molar-refractivity contribution in [3.63, 3.8) is 0 Å². The van der Waals surface area contributed by atoms with Gasteiger partial charge in [-0.1, -0.05) is 17.7 Å². The van der Waals surface area contributed by atoms with Crippen LogP contribution in [0.4, 0.5) is 0 Å². The quantitative estimate of drug-likeness (QED) is 0.191. The Morgan fingerprint density at radius 1 is 1.00 bits per heavy atom. The van der Waals surface area contributed by atoms with Crippen molar-refractivity contribution in [2.45, 2.75) is 37.2 Å². The third-order valence-electron chi connectivity index (χ3n) is 7.14. The summed E-state index contributed by atoms with van der Waals surface area (Å²) >= 11 is 12.7. The van der Waals surface area contributed by atoms with E-state index in [1.54, 1.807) is 53.3 Å². The topological polar surface area (TPSA) is 127 Å². The number of aryl methyl sites for hydroxylation is 4. The van der Waals surface area contributed by atoms with E-state index in [0.717, 1.165) is 0 Å². The molecule has 0 aliphatic heterocycles. The minimum Gasteiger partial charge on any atom is -0.469 e. The largest absolute Gasteiger partial charge is 0.469 e. The lowest BCUT2D eigenvalue weighted by Crippen LogP contribution is -2.12. The fraction of sp³-hybridized carbons (Fsp3) is 0.407. The molecule has 1 aromatic carbocycles. The number of ether oxygens (including phenoxy) is 2. The number of nitrogens with zero attached hydrogens (tertiary/aromatic N) is 5. The van der Waals surface area contributed by atoms with Crippen molar-refractivity contribution in [2.75, 3.05) is 14.2 Å². The lowest BCUT2D eigenvalue weighted by atomic mass is 9.98. The second-order valence-corrected chi connectivity index (χ2v) is 12.5. The lowest BCUT2D eigenvalue weighted by Gasteiger charge is -2.12. The molecule has 3 aromatic heterocycles. The van der Waals surface area contributed by atoms with E-state index in [9.17, 15) is 18.0 Å². The van der Waals surface area contributed by atoms with Crippen LogP contribution < -0.4 is 0 Å². The van der Waals surface area contributed by atoms with Gasteiger partial charge in [0.05, 0.1) is 59.2 Å². The molecule has 0 aliphatic rings. The molecule has 41 heavy (non-hydrogen) atoms. The minimum absolute atomic E-state index is 0.0476. The van der Waals surface area contributed by atoms with Gasteiger partial charge in [-0.3, -0.25) is 14.2 Å². The number of esters is 2. The molecule has 220 valence electrons. The Labute approximate surface area is 247 Å². The van der Waals surface area contributed by atoms with Crippen LogP contribution >= 0.6 is 23.2 Å². The van der Waals surface area contributed by atoms with Crippen LogP contribution in [0, 0.1) is 6.92 Å². The van der Waals surface area contributed by atoms with Gasteiger partial charge in [0.15, 0.2) is 9.84 Å². The maximum Gasteiger partial charge on any atom is 0.354 e. The average molecular weight is 625 g/mol. The van der Waals surface area contributed by atoms with Gasteiger partial charge in [0.1, 0.15) is 5.69 Å². The molecule has 0 aliphatic carbocycles. The van der Waals surface area contributed by atoms with E-state index in [0.29, 0.717) is 55.4 Å². The highest BCUT2D eigenvalue weighted by molar-refractivity contribution is 7.89. The van der Waals surface area contributed by atoms with Crippen LogP contribution in [0.1, 0.15) is 45.2 Å². The Kier molecular flexibility index (Phi) is 8.86. The van der Waals surface area contributed by atoms with Gasteiger partial charge in [0, 0.05) is 49.8 Å². The average Bonchev–Trinajstić information content (AvgIpc) is 3.51. The Bertz CT molecular complexity index is 1770. The number of alkyl halides is 1. The van der Waals surface area contributed by atoms with Gasteiger partial charge in [-0.2, -0.15) is 10.2 Å². The summed E-state index contributed by atoms with van der Waals surface area (Å²) in [5.41, 5.74) is 4.60. The molecule has 0 fully saturated rings. The summed E-state index contributed by atoms with van der Waals surface area (Å²) in [5, 5.41) is 9.85. The number of fused-ring (bicyclic) bond motifs is 1. The van der Waals surface area contributed by atoms with Gasteiger partial charge >= 0.3 is 11.9 Å². The van der Waals surface area contributed by atoms with E-state index in [-0.39, 0.29) is 35.9 Å². The van der Waals surface area contributed by atoms with E-state index in [1.165, 1.54) is 14.2 Å². The normalized spacial score (nSPS) is 11.8. The van der Waals surface area contributed by atoms with Crippen LogP contribution in [0.15, 0.2) is 18.2 Å². The van der Waals surface area contributed by atoms with Gasteiger partial charge in [-0.25, -0.2) is 13.2 Å². The summed E-state index contributed by atoms with van der Waals surface area (Å²) in [6.45, 7) is 1.82. The van der Waals surface area contributed by atoms with Crippen LogP contribution in [0.25, 0.3) is 22.0 Å². The van der Waals surface area contributed by atoms with Crippen molar-refractivity contribution < 1.29 is 27.5 Å². The van der Waals surface area contributed by atoms with Gasteiger partial charge in [0.25, 0.3) is 0 Å². The van der Waals surface area contributed by atoms with Gasteiger partial charge < -0.3 is 14.0 Å². The summed E-state index contributed by atoms with van der Waals surface area (Å²) in [7, 11) is 3.99. The molecule has 0 N–H and O–H groups in total. The number of hydrogen-bond acceptors (Lipinski definition) is 8. The zero-order chi connectivity index (χ0) is 30.2. The van der Waals surface area contributed by atoms with Crippen LogP contribution in [-0.4, -0.2) is 58.7 Å². The number of rotatable bonds is 10. The first kappa shape index (κ1) is 30.6. The van der Waals surface area contributed by atoms with E-state index < -0.39 is 21.8 Å². The summed E-state index contributed by atoms with van der Waals surface area (Å²) in [5.74, 6) is -1.45. The predicted molar refractivity (Wildman–Crippen MR) is 156 cm³/mol. The van der Waals surface area contributed by atoms with Crippen LogP contribution in [0.2, 0.25) is 5.02 Å². The summed E-state index contributed by atoms with van der Waals surface area (Å²) < 4.78 is 41.5. The maximum absolute atomic E-state index is 13.4. The predicted octanol–water partition coefficient (Wildman–Crippen LogP) is 4.02. The van der Waals surface area contributed by atoms with Crippen molar-refractivity contribution in [3.05, 3.63) is 57.3 Å². The fourth-order valence-corrected chi connectivity index (χ4v) is 6.94. The molecule has 0 saturated heterocycles. The molecular formula is C27H31Cl2N5O6S. The van der Waals surface area contributed by atoms with E-state index in [2.05, 4.69) is 10.2 Å². The summed E-state index contributed by atoms with van der Waals surface area (Å²) in [6.07, 6.45) is 0.267. The number of carbonyl (C=O) groups excluding carboxylic acids is 2. The second kappa shape index (κ2) is 11.9. The number of halogens is 2. The first-order chi connectivity index (χ1) is 19.3. The van der Waals surface area contributed by atoms with Crippen molar-refractivity contribution >= 4 is 55.9 Å². The van der Waals surface area contributed by atoms with Crippen molar-refractivity contribution in [1.29, 1.82) is 0 Å². The standard InChI is InChI=1S/C27H31Cl2N5O6S/c1-15-23(21(31-33(15)3)14-41(37,38)13-16-11-17(12-28)34(4)30-16)24-20(29)9-7-18-19(8-10-22(35)39-5)26(27(36)40-6)32(2)25(18)24/h7,9,11H,8,10,12-14H2,1-6H3. The Morgan fingerprint density at radius 2 is 1.71 bits per heavy atom. The molecule has 0 radical (unpaired) electrons. The maximum atomic E-state index is 13.4. The Morgan fingerprint density at radius 3 is 2.32 bits per heavy atom. The van der Waals surface area contributed by atoms with E-state index >= 15 is 0 Å². The number of methoxy groups -OCH3 is 2. The molecular weight excluding hydrogens is 593 g/mol. The van der Waals surface area contributed by atoms with Gasteiger partial charge in [0.2, 0.25) is 0 Å². The molecule has 4 rings (SSSR count). The van der Waals surface area contributed by atoms with E-state index in [1.807, 2.05) is 6.92 Å². The molecule has 11 nitrogen and oxygen atoms in total. The summed E-state index contributed by atoms with van der Waals surface area (Å²) in [6, 6.07) is 5.13. The molecule has 0 spiro atoms. The van der Waals surface area contributed by atoms with Crippen molar-refractivity contribution in [1.82, 2.24) is 24.1 Å². The molecule has 4 aromatic rings. The Balaban J connectivity index is 1.89. The zero-order valence-electron chi connectivity index (χ0n) is 23.6. The third-order valence-corrected chi connectivity index (χ3v) is 9.18. The number of carbonyl (C=O) groups is 2. The number of hydrogen-bond donors (Lipinski definition) is 0. The fourth-order valence-electron chi connectivity index (χ4n) is 5.13. The highest BCUT2D eigenvalue weighted by atomic mass is 35.5. The zero-order valence-corrected chi connectivity index (χ0v) is 25.9. The van der Waals surface area contributed by atoms with Crippen molar-refractivity contribution in [3.8, 4) is 11.1 Å². The molecule has 0 saturated carbocycles. The van der Waals surface area contributed by atoms with Crippen LogP contribution in [0.5, 0.6) is 0 Å². The SMILES string of the molecule is COC(=O)CCc1c(C(=O)OC)n(C)c2c(-c3c(CS(=O)(=O)Cc4cc(CCl)n(C)n4)nn(C)c3C)c(Cl)ccc12. The van der Waals surface area contributed by atoms with Crippen LogP contribution in [-0.2, 0) is 69.1 Å². The smallest absolute Gasteiger partial charge is 0.354 e. The highest BCUT2D eigenvalue weighted by Gasteiger charge is 2.29. The summed E-state index contributed by atoms with van der Waals surface area (Å²) in [4.78, 5) is 24.9. The van der Waals surface area contributed by atoms with Gasteiger partial charge in [-0.05, 0) is 31.0 Å². The Hall–Kier alpha value is -3.35. The highest BCUT2D eigenvalue weighted by Crippen LogP contribution is 2.42. The first-order valence-corrected chi connectivity index (χ1v) is 15.3. The number of aromatic nitrogens is 5. The molecule has 0 unspecified atom stereocenters. The number of benzene rings is 1. The molecule has 3 heterocycles. The molecule has 0 bridgehead atoms. The molecule has 14 heteroatoms. The van der Waals surface area contributed by atoms with E-state index in [4.69, 9.17) is 32.7 Å². The van der Waals surface area contributed by atoms with Gasteiger partial charge in [-0.15, -0.1) is 11.6 Å². The van der Waals surface area contributed by atoms with Crippen molar-refractivity contribution in [2.24, 2.45) is 21.1 Å². The second-order valence-electron chi connectivity index (χ2n) is 9.72.